The van der Waals surface area contributed by atoms with Crippen molar-refractivity contribution in [3.63, 3.8) is 0 Å². The Morgan fingerprint density at radius 1 is 1.31 bits per heavy atom. The molecule has 3 heterocycles. The number of hydrogen-bond acceptors (Lipinski definition) is 6. The van der Waals surface area contributed by atoms with E-state index in [4.69, 9.17) is 27.9 Å². The highest BCUT2D eigenvalue weighted by Crippen LogP contribution is 2.34. The SMILES string of the molecule is CCCn1nc(C(=O)N(CC2CCCO2)c2nc(-c3ccc(Cl)cc3Cl)cs2)ccc1=O. The van der Waals surface area contributed by atoms with Crippen LogP contribution in [0.25, 0.3) is 11.3 Å². The lowest BCUT2D eigenvalue weighted by molar-refractivity contribution is 0.0911. The number of aromatic nitrogens is 3. The smallest absolute Gasteiger partial charge is 0.280 e. The summed E-state index contributed by atoms with van der Waals surface area (Å²) in [6.45, 7) is 3.43. The third-order valence-electron chi connectivity index (χ3n) is 5.11. The van der Waals surface area contributed by atoms with Crippen molar-refractivity contribution in [3.05, 3.63) is 61.8 Å². The van der Waals surface area contributed by atoms with Gasteiger partial charge in [-0.15, -0.1) is 11.3 Å². The number of nitrogens with zero attached hydrogens (tertiary/aromatic N) is 4. The molecule has 7 nitrogen and oxygen atoms in total. The van der Waals surface area contributed by atoms with Gasteiger partial charge in [0.05, 0.1) is 23.4 Å². The Labute approximate surface area is 199 Å². The zero-order valence-electron chi connectivity index (χ0n) is 17.5. The second-order valence-corrected chi connectivity index (χ2v) is 9.15. The minimum absolute atomic E-state index is 0.0769. The number of carbonyl (C=O) groups excluding carboxylic acids is 1. The van der Waals surface area contributed by atoms with Crippen molar-refractivity contribution in [1.82, 2.24) is 14.8 Å². The van der Waals surface area contributed by atoms with E-state index in [0.717, 1.165) is 24.8 Å². The lowest BCUT2D eigenvalue weighted by atomic mass is 10.2. The van der Waals surface area contributed by atoms with Gasteiger partial charge in [0.2, 0.25) is 0 Å². The molecule has 168 valence electrons. The molecule has 32 heavy (non-hydrogen) atoms. The van der Waals surface area contributed by atoms with Crippen LogP contribution in [0.1, 0.15) is 36.7 Å². The van der Waals surface area contributed by atoms with E-state index in [2.05, 4.69) is 10.1 Å². The summed E-state index contributed by atoms with van der Waals surface area (Å²) in [4.78, 5) is 31.8. The Balaban J connectivity index is 1.68. The van der Waals surface area contributed by atoms with Gasteiger partial charge in [-0.3, -0.25) is 14.5 Å². The second kappa shape index (κ2) is 10.1. The number of thiazole rings is 1. The van der Waals surface area contributed by atoms with Gasteiger partial charge in [0.15, 0.2) is 5.13 Å². The van der Waals surface area contributed by atoms with Crippen molar-refractivity contribution < 1.29 is 9.53 Å². The minimum Gasteiger partial charge on any atom is -0.376 e. The Hall–Kier alpha value is -2.26. The maximum absolute atomic E-state index is 13.5. The molecule has 0 spiro atoms. The number of hydrogen-bond donors (Lipinski definition) is 0. The van der Waals surface area contributed by atoms with E-state index in [0.29, 0.717) is 40.6 Å². The lowest BCUT2D eigenvalue weighted by Gasteiger charge is -2.23. The monoisotopic (exact) mass is 492 g/mol. The fourth-order valence-electron chi connectivity index (χ4n) is 3.52. The first kappa shape index (κ1) is 22.9. The van der Waals surface area contributed by atoms with Gasteiger partial charge in [-0.05, 0) is 43.5 Å². The van der Waals surface area contributed by atoms with Gasteiger partial charge in [-0.1, -0.05) is 30.1 Å². The largest absolute Gasteiger partial charge is 0.376 e. The van der Waals surface area contributed by atoms with Gasteiger partial charge in [0.1, 0.15) is 5.69 Å². The summed E-state index contributed by atoms with van der Waals surface area (Å²) < 4.78 is 7.09. The molecule has 0 aliphatic carbocycles. The third-order valence-corrected chi connectivity index (χ3v) is 6.52. The molecule has 1 atom stereocenters. The summed E-state index contributed by atoms with van der Waals surface area (Å²) in [7, 11) is 0. The summed E-state index contributed by atoms with van der Waals surface area (Å²) in [6, 6.07) is 8.05. The first-order chi connectivity index (χ1) is 15.5. The predicted molar refractivity (Wildman–Crippen MR) is 127 cm³/mol. The normalized spacial score (nSPS) is 15.8. The van der Waals surface area contributed by atoms with Crippen LogP contribution in [0.3, 0.4) is 0 Å². The van der Waals surface area contributed by atoms with Crippen molar-refractivity contribution >= 4 is 45.6 Å². The van der Waals surface area contributed by atoms with Crippen LogP contribution in [0, 0.1) is 0 Å². The average Bonchev–Trinajstić information content (AvgIpc) is 3.45. The van der Waals surface area contributed by atoms with Gasteiger partial charge < -0.3 is 4.74 Å². The molecule has 1 aliphatic heterocycles. The van der Waals surface area contributed by atoms with E-state index >= 15 is 0 Å². The highest BCUT2D eigenvalue weighted by molar-refractivity contribution is 7.14. The van der Waals surface area contributed by atoms with Gasteiger partial charge in [0.25, 0.3) is 11.5 Å². The fourth-order valence-corrected chi connectivity index (χ4v) is 4.86. The van der Waals surface area contributed by atoms with Crippen molar-refractivity contribution in [3.8, 4) is 11.3 Å². The van der Waals surface area contributed by atoms with Crippen LogP contribution in [0.15, 0.2) is 40.5 Å². The Bertz CT molecular complexity index is 1170. The van der Waals surface area contributed by atoms with Crippen LogP contribution >= 0.6 is 34.5 Å². The number of amides is 1. The van der Waals surface area contributed by atoms with Crippen LogP contribution in [0.2, 0.25) is 10.0 Å². The Kier molecular flexibility index (Phi) is 7.25. The van der Waals surface area contributed by atoms with Crippen molar-refractivity contribution in [2.75, 3.05) is 18.1 Å². The molecule has 2 aromatic heterocycles. The van der Waals surface area contributed by atoms with Crippen LogP contribution in [0.5, 0.6) is 0 Å². The molecule has 0 radical (unpaired) electrons. The molecule has 10 heteroatoms. The number of anilines is 1. The van der Waals surface area contributed by atoms with Crippen LogP contribution in [-0.2, 0) is 11.3 Å². The molecule has 0 N–H and O–H groups in total. The summed E-state index contributed by atoms with van der Waals surface area (Å²) >= 11 is 13.7. The first-order valence-electron chi connectivity index (χ1n) is 10.4. The number of aryl methyl sites for hydroxylation is 1. The topological polar surface area (TPSA) is 77.3 Å². The molecule has 0 saturated carbocycles. The molecule has 0 bridgehead atoms. The van der Waals surface area contributed by atoms with E-state index < -0.39 is 0 Å². The number of ether oxygens (including phenoxy) is 1. The molecule has 1 aliphatic rings. The predicted octanol–water partition coefficient (Wildman–Crippen LogP) is 4.91. The second-order valence-electron chi connectivity index (χ2n) is 7.47. The standard InChI is InChI=1S/C22H22Cl2N4O3S/c1-2-9-28-20(29)8-7-18(26-28)21(30)27(12-15-4-3-10-31-15)22-25-19(13-32-22)16-6-5-14(23)11-17(16)24/h5-8,11,13,15H,2-4,9-10,12H2,1H3. The molecular weight excluding hydrogens is 471 g/mol. The van der Waals surface area contributed by atoms with Crippen molar-refractivity contribution in [2.45, 2.75) is 38.8 Å². The van der Waals surface area contributed by atoms with E-state index in [1.54, 1.807) is 23.1 Å². The molecular formula is C22H22Cl2N4O3S. The van der Waals surface area contributed by atoms with Crippen LogP contribution < -0.4 is 10.5 Å². The maximum Gasteiger partial charge on any atom is 0.280 e. The summed E-state index contributed by atoms with van der Waals surface area (Å²) in [5, 5.41) is 7.68. The number of benzene rings is 1. The van der Waals surface area contributed by atoms with E-state index in [1.807, 2.05) is 12.3 Å². The molecule has 1 unspecified atom stereocenters. The van der Waals surface area contributed by atoms with Gasteiger partial charge >= 0.3 is 0 Å². The zero-order valence-corrected chi connectivity index (χ0v) is 19.8. The van der Waals surface area contributed by atoms with Gasteiger partial charge in [-0.2, -0.15) is 5.10 Å². The first-order valence-corrected chi connectivity index (χ1v) is 12.0. The molecule has 4 rings (SSSR count). The highest BCUT2D eigenvalue weighted by atomic mass is 35.5. The van der Waals surface area contributed by atoms with Gasteiger partial charge in [-0.25, -0.2) is 9.67 Å². The lowest BCUT2D eigenvalue weighted by Crippen LogP contribution is -2.39. The van der Waals surface area contributed by atoms with E-state index in [9.17, 15) is 9.59 Å². The van der Waals surface area contributed by atoms with Gasteiger partial charge in [0, 0.05) is 35.2 Å². The zero-order chi connectivity index (χ0) is 22.7. The highest BCUT2D eigenvalue weighted by Gasteiger charge is 2.28. The molecule has 3 aromatic rings. The summed E-state index contributed by atoms with van der Waals surface area (Å²) in [6.07, 6.45) is 2.48. The molecule has 1 amide bonds. The number of rotatable bonds is 7. The Morgan fingerprint density at radius 3 is 2.88 bits per heavy atom. The third kappa shape index (κ3) is 5.04. The Morgan fingerprint density at radius 2 is 2.16 bits per heavy atom. The van der Waals surface area contributed by atoms with Crippen LogP contribution in [0.4, 0.5) is 5.13 Å². The van der Waals surface area contributed by atoms with Crippen molar-refractivity contribution in [2.24, 2.45) is 0 Å². The molecule has 1 aromatic carbocycles. The quantitative estimate of drug-likeness (QED) is 0.468. The van der Waals surface area contributed by atoms with E-state index in [-0.39, 0.29) is 23.3 Å². The van der Waals surface area contributed by atoms with Crippen LogP contribution in [-0.4, -0.2) is 39.9 Å². The number of halogens is 2. The summed E-state index contributed by atoms with van der Waals surface area (Å²) in [5.41, 5.74) is 1.35. The average molecular weight is 493 g/mol. The number of carbonyl (C=O) groups is 1. The molecule has 1 fully saturated rings. The summed E-state index contributed by atoms with van der Waals surface area (Å²) in [5.74, 6) is -0.326. The fraction of sp³-hybridized carbons (Fsp3) is 0.364. The molecule has 1 saturated heterocycles. The minimum atomic E-state index is -0.326. The van der Waals surface area contributed by atoms with Crippen molar-refractivity contribution in [1.29, 1.82) is 0 Å². The maximum atomic E-state index is 13.5. The van der Waals surface area contributed by atoms with E-state index in [1.165, 1.54) is 28.2 Å².